The second-order valence-corrected chi connectivity index (χ2v) is 8.27. The van der Waals surface area contributed by atoms with Crippen LogP contribution in [0.2, 0.25) is 0 Å². The van der Waals surface area contributed by atoms with Crippen molar-refractivity contribution in [1.29, 1.82) is 0 Å². The van der Waals surface area contributed by atoms with Crippen molar-refractivity contribution in [3.63, 3.8) is 0 Å². The van der Waals surface area contributed by atoms with Crippen molar-refractivity contribution < 1.29 is 9.47 Å². The molecule has 170 valence electrons. The molecule has 1 saturated heterocycles. The average Bonchev–Trinajstić information content (AvgIpc) is 3.25. The summed E-state index contributed by atoms with van der Waals surface area (Å²) in [7, 11) is 3.46. The Kier molecular flexibility index (Phi) is 7.80. The van der Waals surface area contributed by atoms with Gasteiger partial charge in [0.05, 0.1) is 30.8 Å². The van der Waals surface area contributed by atoms with Crippen molar-refractivity contribution >= 4 is 5.69 Å². The van der Waals surface area contributed by atoms with Gasteiger partial charge in [-0.25, -0.2) is 4.68 Å². The predicted molar refractivity (Wildman–Crippen MR) is 129 cm³/mol. The van der Waals surface area contributed by atoms with E-state index in [1.165, 1.54) is 17.8 Å². The fourth-order valence-electron chi connectivity index (χ4n) is 4.41. The Balaban J connectivity index is 1.26. The van der Waals surface area contributed by atoms with E-state index in [2.05, 4.69) is 56.9 Å². The minimum atomic E-state index is 0.545. The highest BCUT2D eigenvalue weighted by Crippen LogP contribution is 2.28. The zero-order chi connectivity index (χ0) is 22.2. The lowest BCUT2D eigenvalue weighted by molar-refractivity contribution is 0.181. The first-order valence-corrected chi connectivity index (χ1v) is 11.5. The number of para-hydroxylation sites is 3. The Labute approximate surface area is 191 Å². The van der Waals surface area contributed by atoms with Gasteiger partial charge in [-0.2, -0.15) is 5.10 Å². The highest BCUT2D eigenvalue weighted by atomic mass is 16.5. The monoisotopic (exact) mass is 434 g/mol. The molecule has 0 bridgehead atoms. The van der Waals surface area contributed by atoms with E-state index in [1.807, 2.05) is 18.2 Å². The number of unbranched alkanes of at least 4 members (excludes halogenated alkanes) is 1. The van der Waals surface area contributed by atoms with Crippen LogP contribution in [0.5, 0.6) is 5.75 Å². The van der Waals surface area contributed by atoms with Gasteiger partial charge < -0.3 is 14.4 Å². The molecule has 6 heteroatoms. The minimum Gasteiger partial charge on any atom is -0.495 e. The van der Waals surface area contributed by atoms with Gasteiger partial charge in [-0.15, -0.1) is 0 Å². The first-order chi connectivity index (χ1) is 15.8. The van der Waals surface area contributed by atoms with Crippen LogP contribution in [0.4, 0.5) is 5.69 Å². The molecule has 32 heavy (non-hydrogen) atoms. The third-order valence-electron chi connectivity index (χ3n) is 6.08. The standard InChI is InChI=1S/C26H34N4O2/c1-31-21-22-20-24(30(27-22)23-10-4-3-5-11-23)12-8-9-15-28-16-18-29(19-17-28)25-13-6-7-14-26(25)32-2/h3-7,10-11,13-14,20H,8-9,12,15-19,21H2,1-2H3. The van der Waals surface area contributed by atoms with Crippen molar-refractivity contribution in [3.05, 3.63) is 72.1 Å². The van der Waals surface area contributed by atoms with Gasteiger partial charge in [0, 0.05) is 39.0 Å². The lowest BCUT2D eigenvalue weighted by Crippen LogP contribution is -2.46. The molecule has 1 aliphatic heterocycles. The van der Waals surface area contributed by atoms with E-state index in [-0.39, 0.29) is 0 Å². The molecule has 0 amide bonds. The molecule has 0 aliphatic carbocycles. The van der Waals surface area contributed by atoms with Crippen LogP contribution >= 0.6 is 0 Å². The van der Waals surface area contributed by atoms with Crippen LogP contribution in [0.1, 0.15) is 24.2 Å². The molecule has 0 spiro atoms. The summed E-state index contributed by atoms with van der Waals surface area (Å²) in [6.45, 7) is 5.96. The van der Waals surface area contributed by atoms with Crippen molar-refractivity contribution in [2.24, 2.45) is 0 Å². The van der Waals surface area contributed by atoms with Gasteiger partial charge in [-0.3, -0.25) is 4.90 Å². The maximum Gasteiger partial charge on any atom is 0.142 e. The third kappa shape index (κ3) is 5.50. The number of hydrogen-bond donors (Lipinski definition) is 0. The van der Waals surface area contributed by atoms with Gasteiger partial charge >= 0.3 is 0 Å². The van der Waals surface area contributed by atoms with Crippen LogP contribution in [0.3, 0.4) is 0 Å². The maximum absolute atomic E-state index is 5.54. The second-order valence-electron chi connectivity index (χ2n) is 8.27. The molecule has 0 unspecified atom stereocenters. The minimum absolute atomic E-state index is 0.545. The molecule has 1 aromatic heterocycles. The highest BCUT2D eigenvalue weighted by Gasteiger charge is 2.19. The molecule has 6 nitrogen and oxygen atoms in total. The number of aromatic nitrogens is 2. The predicted octanol–water partition coefficient (Wildman–Crippen LogP) is 4.17. The first-order valence-electron chi connectivity index (χ1n) is 11.5. The Morgan fingerprint density at radius 1 is 0.875 bits per heavy atom. The topological polar surface area (TPSA) is 42.8 Å². The van der Waals surface area contributed by atoms with E-state index in [4.69, 9.17) is 14.6 Å². The van der Waals surface area contributed by atoms with Crippen molar-refractivity contribution in [1.82, 2.24) is 14.7 Å². The van der Waals surface area contributed by atoms with Crippen LogP contribution < -0.4 is 9.64 Å². The summed E-state index contributed by atoms with van der Waals surface area (Å²) < 4.78 is 12.9. The summed E-state index contributed by atoms with van der Waals surface area (Å²) in [5.41, 5.74) is 4.55. The number of benzene rings is 2. The molecule has 0 atom stereocenters. The van der Waals surface area contributed by atoms with Crippen molar-refractivity contribution in [2.45, 2.75) is 25.9 Å². The van der Waals surface area contributed by atoms with E-state index in [1.54, 1.807) is 14.2 Å². The Hall–Kier alpha value is -2.83. The molecule has 0 radical (unpaired) electrons. The van der Waals surface area contributed by atoms with Crippen LogP contribution in [-0.4, -0.2) is 61.6 Å². The first kappa shape index (κ1) is 22.4. The number of anilines is 1. The summed E-state index contributed by atoms with van der Waals surface area (Å²) in [4.78, 5) is 5.02. The lowest BCUT2D eigenvalue weighted by atomic mass is 10.1. The van der Waals surface area contributed by atoms with Crippen molar-refractivity contribution in [3.8, 4) is 11.4 Å². The molecule has 2 heterocycles. The number of piperazine rings is 1. The highest BCUT2D eigenvalue weighted by molar-refractivity contribution is 5.58. The average molecular weight is 435 g/mol. The number of methoxy groups -OCH3 is 2. The molecular formula is C26H34N4O2. The number of nitrogens with zero attached hydrogens (tertiary/aromatic N) is 4. The summed E-state index contributed by atoms with van der Waals surface area (Å²) in [6, 6.07) is 20.9. The number of hydrogen-bond acceptors (Lipinski definition) is 5. The second kappa shape index (κ2) is 11.2. The zero-order valence-electron chi connectivity index (χ0n) is 19.2. The lowest BCUT2D eigenvalue weighted by Gasteiger charge is -2.36. The van der Waals surface area contributed by atoms with E-state index in [0.717, 1.165) is 62.7 Å². The van der Waals surface area contributed by atoms with E-state index in [0.29, 0.717) is 6.61 Å². The largest absolute Gasteiger partial charge is 0.495 e. The molecule has 2 aromatic carbocycles. The molecule has 1 fully saturated rings. The summed E-state index contributed by atoms with van der Waals surface area (Å²) >= 11 is 0. The number of rotatable bonds is 10. The number of aryl methyl sites for hydroxylation is 1. The van der Waals surface area contributed by atoms with Gasteiger partial charge in [-0.1, -0.05) is 30.3 Å². The molecular weight excluding hydrogens is 400 g/mol. The van der Waals surface area contributed by atoms with Gasteiger partial charge in [-0.05, 0) is 56.1 Å². The fraction of sp³-hybridized carbons (Fsp3) is 0.423. The molecule has 3 aromatic rings. The maximum atomic E-state index is 5.54. The summed E-state index contributed by atoms with van der Waals surface area (Å²) in [6.07, 6.45) is 3.36. The van der Waals surface area contributed by atoms with Gasteiger partial charge in [0.15, 0.2) is 0 Å². The summed E-state index contributed by atoms with van der Waals surface area (Å²) in [5, 5.41) is 4.76. The van der Waals surface area contributed by atoms with E-state index < -0.39 is 0 Å². The molecule has 0 N–H and O–H groups in total. The SMILES string of the molecule is COCc1cc(CCCCN2CCN(c3ccccc3OC)CC2)n(-c2ccccc2)n1. The normalized spacial score (nSPS) is 14.6. The molecule has 1 aliphatic rings. The van der Waals surface area contributed by atoms with Gasteiger partial charge in [0.25, 0.3) is 0 Å². The quantitative estimate of drug-likeness (QED) is 0.448. The van der Waals surface area contributed by atoms with Crippen molar-refractivity contribution in [2.75, 3.05) is 51.8 Å². The Bertz CT molecular complexity index is 965. The Morgan fingerprint density at radius 2 is 1.62 bits per heavy atom. The zero-order valence-corrected chi connectivity index (χ0v) is 19.2. The van der Waals surface area contributed by atoms with Crippen LogP contribution in [0, 0.1) is 0 Å². The molecule has 0 saturated carbocycles. The van der Waals surface area contributed by atoms with E-state index in [9.17, 15) is 0 Å². The van der Waals surface area contributed by atoms with E-state index >= 15 is 0 Å². The van der Waals surface area contributed by atoms with Gasteiger partial charge in [0.2, 0.25) is 0 Å². The smallest absolute Gasteiger partial charge is 0.142 e. The Morgan fingerprint density at radius 3 is 2.38 bits per heavy atom. The molecule has 4 rings (SSSR count). The number of ether oxygens (including phenoxy) is 2. The van der Waals surface area contributed by atoms with Crippen LogP contribution in [-0.2, 0) is 17.8 Å². The third-order valence-corrected chi connectivity index (χ3v) is 6.08. The van der Waals surface area contributed by atoms with Crippen LogP contribution in [0.15, 0.2) is 60.7 Å². The van der Waals surface area contributed by atoms with Gasteiger partial charge in [0.1, 0.15) is 5.75 Å². The fourth-order valence-corrected chi connectivity index (χ4v) is 4.41. The summed E-state index contributed by atoms with van der Waals surface area (Å²) in [5.74, 6) is 0.962. The van der Waals surface area contributed by atoms with Crippen LogP contribution in [0.25, 0.3) is 5.69 Å².